The van der Waals surface area contributed by atoms with Crippen LogP contribution < -0.4 is 9.64 Å². The number of carbonyl (C=O) groups excluding carboxylic acids is 3. The van der Waals surface area contributed by atoms with E-state index in [0.717, 1.165) is 25.0 Å². The Kier molecular flexibility index (Phi) is 9.50. The molecule has 3 amide bonds. The molecule has 1 aromatic carbocycles. The lowest BCUT2D eigenvalue weighted by Gasteiger charge is -2.44. The average Bonchev–Trinajstić information content (AvgIpc) is 3.22. The minimum atomic E-state index is -1.28. The topological polar surface area (TPSA) is 99.6 Å². The Bertz CT molecular complexity index is 1360. The van der Waals surface area contributed by atoms with Crippen LogP contribution in [0.5, 0.6) is 5.75 Å². The van der Waals surface area contributed by atoms with Gasteiger partial charge in [0, 0.05) is 37.5 Å². The summed E-state index contributed by atoms with van der Waals surface area (Å²) in [5.74, 6) is -1.48. The van der Waals surface area contributed by atoms with Gasteiger partial charge in [0.25, 0.3) is 0 Å². The molecule has 5 atom stereocenters. The number of amides is 3. The molecular weight excluding hydrogens is 582 g/mol. The van der Waals surface area contributed by atoms with Gasteiger partial charge in [-0.3, -0.25) is 14.4 Å². The Balaban J connectivity index is 1.55. The lowest BCUT2D eigenvalue weighted by atomic mass is 9.74. The van der Waals surface area contributed by atoms with E-state index < -0.39 is 34.6 Å². The number of benzene rings is 1. The van der Waals surface area contributed by atoms with Gasteiger partial charge in [0.15, 0.2) is 0 Å². The first kappa shape index (κ1) is 34.2. The van der Waals surface area contributed by atoms with Crippen molar-refractivity contribution in [3.05, 3.63) is 48.6 Å². The predicted octanol–water partition coefficient (Wildman–Crippen LogP) is 5.12. The van der Waals surface area contributed by atoms with E-state index >= 15 is 0 Å². The van der Waals surface area contributed by atoms with Crippen LogP contribution in [0.15, 0.2) is 48.6 Å². The van der Waals surface area contributed by atoms with Crippen LogP contribution >= 0.6 is 0 Å². The first-order chi connectivity index (χ1) is 21.7. The van der Waals surface area contributed by atoms with E-state index in [0.29, 0.717) is 44.8 Å². The van der Waals surface area contributed by atoms with Gasteiger partial charge in [-0.2, -0.15) is 0 Å². The standard InChI is InChI=1S/C37H53N3O6/c1-8-45-27-17-15-26(16-18-27)38-22-13-19-36(7)28(31(38)42)29-32(43)39(21-11-9-10-12-24-41)30-33(44)40(23-14-20-37(29,30)46-36)35(5,6)25-34(2,3)4/h13-20,28-30,41H,8-12,21-25H2,1-7H3/t28-,29-,30?,36+,37-/m0/s1. The summed E-state index contributed by atoms with van der Waals surface area (Å²) in [6.45, 7) is 16.3. The van der Waals surface area contributed by atoms with Crippen molar-refractivity contribution in [2.75, 3.05) is 37.7 Å². The van der Waals surface area contributed by atoms with Crippen molar-refractivity contribution in [3.63, 3.8) is 0 Å². The number of fused-ring (bicyclic) bond motifs is 2. The number of ether oxygens (including phenoxy) is 2. The molecule has 0 radical (unpaired) electrons. The monoisotopic (exact) mass is 635 g/mol. The molecular formula is C37H53N3O6. The third-order valence-corrected chi connectivity index (χ3v) is 10.0. The number of aliphatic hydroxyl groups is 1. The van der Waals surface area contributed by atoms with E-state index in [-0.39, 0.29) is 29.7 Å². The van der Waals surface area contributed by atoms with Crippen molar-refractivity contribution in [3.8, 4) is 5.75 Å². The van der Waals surface area contributed by atoms with Crippen molar-refractivity contribution >= 4 is 23.4 Å². The van der Waals surface area contributed by atoms with Crippen LogP contribution in [-0.4, -0.2) is 88.3 Å². The second kappa shape index (κ2) is 12.8. The molecule has 1 N–H and O–H groups in total. The van der Waals surface area contributed by atoms with Crippen LogP contribution in [0.25, 0.3) is 0 Å². The molecule has 4 aliphatic rings. The van der Waals surface area contributed by atoms with Crippen LogP contribution in [0.3, 0.4) is 0 Å². The summed E-state index contributed by atoms with van der Waals surface area (Å²) >= 11 is 0. The maximum atomic E-state index is 14.9. The number of hydrogen-bond acceptors (Lipinski definition) is 6. The first-order valence-electron chi connectivity index (χ1n) is 17.0. The van der Waals surface area contributed by atoms with Crippen molar-refractivity contribution in [2.24, 2.45) is 17.3 Å². The van der Waals surface area contributed by atoms with Gasteiger partial charge in [0.2, 0.25) is 17.7 Å². The third kappa shape index (κ3) is 6.13. The van der Waals surface area contributed by atoms with Crippen LogP contribution in [0.1, 0.15) is 80.6 Å². The number of aliphatic hydroxyl groups excluding tert-OH is 1. The lowest BCUT2D eigenvalue weighted by Crippen LogP contribution is -2.60. The maximum Gasteiger partial charge on any atom is 0.249 e. The number of hydrogen-bond donors (Lipinski definition) is 1. The van der Waals surface area contributed by atoms with Gasteiger partial charge < -0.3 is 29.3 Å². The Morgan fingerprint density at radius 1 is 0.891 bits per heavy atom. The van der Waals surface area contributed by atoms with E-state index in [1.807, 2.05) is 67.3 Å². The lowest BCUT2D eigenvalue weighted by molar-refractivity contribution is -0.155. The SMILES string of the molecule is CCOc1ccc(N2CC=C[C@@]3(C)O[C@]45C=CCN(C(C)(C)CC(C)(C)C)C(=O)C4N(CCCCCCO)C(=O)[C@@H]5[C@H]3C2=O)cc1. The van der Waals surface area contributed by atoms with Crippen molar-refractivity contribution in [1.82, 2.24) is 9.80 Å². The summed E-state index contributed by atoms with van der Waals surface area (Å²) in [5, 5.41) is 9.27. The van der Waals surface area contributed by atoms with Gasteiger partial charge in [-0.25, -0.2) is 0 Å². The van der Waals surface area contributed by atoms with E-state index in [2.05, 4.69) is 34.6 Å². The summed E-state index contributed by atoms with van der Waals surface area (Å²) in [6.07, 6.45) is 11.6. The number of rotatable bonds is 11. The summed E-state index contributed by atoms with van der Waals surface area (Å²) in [4.78, 5) is 49.6. The minimum absolute atomic E-state index is 0.0238. The normalized spacial score (nSPS) is 29.5. The predicted molar refractivity (Wildman–Crippen MR) is 178 cm³/mol. The molecule has 9 nitrogen and oxygen atoms in total. The summed E-state index contributed by atoms with van der Waals surface area (Å²) in [5.41, 5.74) is -2.15. The maximum absolute atomic E-state index is 14.9. The van der Waals surface area contributed by atoms with Crippen LogP contribution in [0.4, 0.5) is 5.69 Å². The van der Waals surface area contributed by atoms with Crippen molar-refractivity contribution in [2.45, 2.75) is 103 Å². The third-order valence-electron chi connectivity index (χ3n) is 10.0. The van der Waals surface area contributed by atoms with Gasteiger partial charge in [-0.15, -0.1) is 0 Å². The molecule has 5 rings (SSSR count). The van der Waals surface area contributed by atoms with Crippen molar-refractivity contribution in [1.29, 1.82) is 0 Å². The second-order valence-corrected chi connectivity index (χ2v) is 15.3. The van der Waals surface area contributed by atoms with Gasteiger partial charge >= 0.3 is 0 Å². The molecule has 46 heavy (non-hydrogen) atoms. The Labute approximate surface area is 274 Å². The van der Waals surface area contributed by atoms with Crippen LogP contribution in [0, 0.1) is 17.3 Å². The zero-order valence-electron chi connectivity index (χ0n) is 28.8. The van der Waals surface area contributed by atoms with Gasteiger partial charge in [0.05, 0.1) is 24.0 Å². The molecule has 2 saturated heterocycles. The number of nitrogens with zero attached hydrogens (tertiary/aromatic N) is 3. The Hall–Kier alpha value is -3.17. The molecule has 1 spiro atoms. The van der Waals surface area contributed by atoms with Gasteiger partial charge in [-0.1, -0.05) is 57.9 Å². The molecule has 4 aliphatic heterocycles. The van der Waals surface area contributed by atoms with E-state index in [4.69, 9.17) is 9.47 Å². The van der Waals surface area contributed by atoms with E-state index in [9.17, 15) is 19.5 Å². The van der Waals surface area contributed by atoms with E-state index in [1.165, 1.54) is 0 Å². The molecule has 1 unspecified atom stereocenters. The molecule has 0 aromatic heterocycles. The highest BCUT2D eigenvalue weighted by Gasteiger charge is 2.75. The summed E-state index contributed by atoms with van der Waals surface area (Å²) in [7, 11) is 0. The minimum Gasteiger partial charge on any atom is -0.494 e. The molecule has 1 aromatic rings. The number of anilines is 1. The van der Waals surface area contributed by atoms with E-state index in [1.54, 1.807) is 9.80 Å². The summed E-state index contributed by atoms with van der Waals surface area (Å²) in [6, 6.07) is 6.55. The van der Waals surface area contributed by atoms with Crippen molar-refractivity contribution < 1.29 is 29.0 Å². The average molecular weight is 636 g/mol. The molecule has 252 valence electrons. The quantitative estimate of drug-likeness (QED) is 0.268. The molecule has 0 saturated carbocycles. The summed E-state index contributed by atoms with van der Waals surface area (Å²) < 4.78 is 12.6. The zero-order chi connectivity index (χ0) is 33.5. The highest BCUT2D eigenvalue weighted by molar-refractivity contribution is 6.04. The number of unbranched alkanes of at least 4 members (excludes halogenated alkanes) is 3. The highest BCUT2D eigenvalue weighted by Crippen LogP contribution is 2.58. The smallest absolute Gasteiger partial charge is 0.249 e. The second-order valence-electron chi connectivity index (χ2n) is 15.3. The Morgan fingerprint density at radius 2 is 1.57 bits per heavy atom. The largest absolute Gasteiger partial charge is 0.494 e. The fourth-order valence-electron chi connectivity index (χ4n) is 8.57. The number of carbonyl (C=O) groups is 3. The zero-order valence-corrected chi connectivity index (χ0v) is 28.8. The molecule has 0 bridgehead atoms. The molecule has 0 aliphatic carbocycles. The fraction of sp³-hybridized carbons (Fsp3) is 0.649. The molecule has 2 fully saturated rings. The van der Waals surface area contributed by atoms with Gasteiger partial charge in [0.1, 0.15) is 17.4 Å². The number of likely N-dealkylation sites (tertiary alicyclic amines) is 1. The molecule has 4 heterocycles. The molecule has 9 heteroatoms. The fourth-order valence-corrected chi connectivity index (χ4v) is 8.57. The highest BCUT2D eigenvalue weighted by atomic mass is 16.5. The Morgan fingerprint density at radius 3 is 2.22 bits per heavy atom. The first-order valence-corrected chi connectivity index (χ1v) is 17.0. The van der Waals surface area contributed by atoms with Crippen LogP contribution in [-0.2, 0) is 19.1 Å². The van der Waals surface area contributed by atoms with Crippen LogP contribution in [0.2, 0.25) is 0 Å². The van der Waals surface area contributed by atoms with Gasteiger partial charge in [-0.05, 0) is 76.6 Å².